The molecular formula is C56H66N14O7S. The number of likely N-dealkylation sites (tertiary alicyclic amines) is 2. The highest BCUT2D eigenvalue weighted by molar-refractivity contribution is 7.13. The second-order valence-electron chi connectivity index (χ2n) is 20.5. The average molecular weight is 1080 g/mol. The monoisotopic (exact) mass is 1080 g/mol. The Kier molecular flexibility index (Phi) is 17.8. The number of rotatable bonds is 17. The summed E-state index contributed by atoms with van der Waals surface area (Å²) < 4.78 is 7.35. The molecule has 6 aromatic rings. The van der Waals surface area contributed by atoms with E-state index in [4.69, 9.17) is 4.74 Å². The van der Waals surface area contributed by atoms with E-state index in [2.05, 4.69) is 68.7 Å². The minimum absolute atomic E-state index is 0.0340. The molecule has 22 heteroatoms. The van der Waals surface area contributed by atoms with Gasteiger partial charge < -0.3 is 46.2 Å². The molecule has 2 unspecified atom stereocenters. The Morgan fingerprint density at radius 2 is 1.69 bits per heavy atom. The number of para-hydroxylation sites is 1. The molecule has 78 heavy (non-hydrogen) atoms. The van der Waals surface area contributed by atoms with E-state index >= 15 is 0 Å². The molecule has 2 fully saturated rings. The Balaban J connectivity index is 0.789. The van der Waals surface area contributed by atoms with Crippen LogP contribution >= 0.6 is 11.3 Å². The Morgan fingerprint density at radius 3 is 2.35 bits per heavy atom. The highest BCUT2D eigenvalue weighted by Gasteiger charge is 2.45. The fourth-order valence-electron chi connectivity index (χ4n) is 9.41. The van der Waals surface area contributed by atoms with E-state index in [1.54, 1.807) is 65.8 Å². The lowest BCUT2D eigenvalue weighted by atomic mass is 9.85. The van der Waals surface area contributed by atoms with Gasteiger partial charge in [0.05, 0.1) is 52.3 Å². The fourth-order valence-corrected chi connectivity index (χ4v) is 10.2. The maximum atomic E-state index is 14.2. The first-order chi connectivity index (χ1) is 37.4. The van der Waals surface area contributed by atoms with Gasteiger partial charge in [-0.1, -0.05) is 62.9 Å². The topological polar surface area (TPSA) is 264 Å². The molecule has 2 aliphatic rings. The third-order valence-electron chi connectivity index (χ3n) is 13.7. The van der Waals surface area contributed by atoms with Gasteiger partial charge in [-0.25, -0.2) is 15.0 Å². The highest BCUT2D eigenvalue weighted by Crippen LogP contribution is 2.38. The average Bonchev–Trinajstić information content (AvgIpc) is 4.21. The van der Waals surface area contributed by atoms with E-state index in [9.17, 15) is 29.1 Å². The number of nitrogens with one attached hydrogen (secondary N) is 5. The second kappa shape index (κ2) is 24.8. The zero-order chi connectivity index (χ0) is 55.7. The molecule has 4 aromatic heterocycles. The van der Waals surface area contributed by atoms with Crippen molar-refractivity contribution in [2.45, 2.75) is 97.4 Å². The minimum atomic E-state index is -0.975. The van der Waals surface area contributed by atoms with Crippen LogP contribution in [0.2, 0.25) is 0 Å². The molecule has 6 N–H and O–H groups in total. The number of aliphatic hydroxyl groups excluding tert-OH is 1. The quantitative estimate of drug-likeness (QED) is 0.0565. The summed E-state index contributed by atoms with van der Waals surface area (Å²) in [7, 11) is 4.83. The number of carbonyl (C=O) groups excluding carboxylic acids is 5. The normalized spacial score (nSPS) is 16.3. The van der Waals surface area contributed by atoms with Crippen LogP contribution in [-0.4, -0.2) is 131 Å². The molecule has 4 atom stereocenters. The van der Waals surface area contributed by atoms with Gasteiger partial charge in [0, 0.05) is 76.7 Å². The molecule has 21 nitrogen and oxygen atoms in total. The molecule has 0 bridgehead atoms. The number of pyridine rings is 1. The number of nitrogens with zero attached hydrogens (tertiary/aromatic N) is 9. The van der Waals surface area contributed by atoms with Crippen molar-refractivity contribution >= 4 is 63.9 Å². The summed E-state index contributed by atoms with van der Waals surface area (Å²) in [6.07, 6.45) is 4.32. The molecule has 0 aliphatic carbocycles. The predicted molar refractivity (Wildman–Crippen MR) is 296 cm³/mol. The van der Waals surface area contributed by atoms with Gasteiger partial charge in [-0.15, -0.1) is 21.5 Å². The van der Waals surface area contributed by atoms with Crippen molar-refractivity contribution in [3.05, 3.63) is 101 Å². The van der Waals surface area contributed by atoms with E-state index in [0.29, 0.717) is 78.1 Å². The van der Waals surface area contributed by atoms with Crippen LogP contribution in [0.15, 0.2) is 78.7 Å². The van der Waals surface area contributed by atoms with Crippen molar-refractivity contribution in [3.8, 4) is 39.4 Å². The summed E-state index contributed by atoms with van der Waals surface area (Å²) in [5, 5.41) is 38.5. The van der Waals surface area contributed by atoms with Gasteiger partial charge >= 0.3 is 0 Å². The van der Waals surface area contributed by atoms with Crippen LogP contribution < -0.4 is 31.3 Å². The smallest absolute Gasteiger partial charge is 0.273 e. The van der Waals surface area contributed by atoms with Gasteiger partial charge in [0.2, 0.25) is 23.6 Å². The summed E-state index contributed by atoms with van der Waals surface area (Å²) in [5.74, 6) is 6.69. The summed E-state index contributed by atoms with van der Waals surface area (Å²) in [5.41, 5.74) is 6.31. The molecule has 8 rings (SSSR count). The molecule has 0 radical (unpaired) electrons. The molecule has 0 spiro atoms. The van der Waals surface area contributed by atoms with Gasteiger partial charge in [0.1, 0.15) is 24.2 Å². The van der Waals surface area contributed by atoms with Gasteiger partial charge in [-0.2, -0.15) is 5.10 Å². The lowest BCUT2D eigenvalue weighted by molar-refractivity contribution is -0.144. The van der Waals surface area contributed by atoms with Crippen LogP contribution in [-0.2, 0) is 26.2 Å². The molecule has 6 heterocycles. The van der Waals surface area contributed by atoms with Crippen LogP contribution in [0, 0.1) is 30.1 Å². The molecule has 5 amide bonds. The summed E-state index contributed by atoms with van der Waals surface area (Å²) >= 11 is 1.57. The molecule has 2 aromatic carbocycles. The summed E-state index contributed by atoms with van der Waals surface area (Å²) in [6, 6.07) is 16.4. The van der Waals surface area contributed by atoms with Gasteiger partial charge in [-0.3, -0.25) is 28.7 Å². The number of piperidine rings is 1. The number of hydrogen-bond acceptors (Lipinski definition) is 16. The standard InChI is InChI=1S/C56H66N14O7S/c1-33(37-18-20-38(21-19-37)50-34(2)60-32-78-50)61-53(74)43-27-39(71)30-70(43)55(76)51(56(3,4)5)64-46(72)13-10-14-47(73)69-25-23-35(24-26-69)15-16-36-17-22-44(58-29-36)63-45-28-42(48(66-65-45)54(75)57-6)62-41-12-9-11-40(49(41)77-8)52-59-31-68(7)67-52/h9,11-12,17-22,28-29,31-33,35,39,43,51,71H,10,13-14,23-27,30H2,1-8H3,(H,57,75)(H,61,74)(H,64,72)(H2,58,62,63,65)/t33?,39-,43+,51?/m1/s1. The number of β-amino-alcohol motifs (C(OH)–C–C–N with tert-alkyl or cyclic N) is 1. The van der Waals surface area contributed by atoms with E-state index in [-0.39, 0.29) is 61.2 Å². The van der Waals surface area contributed by atoms with Crippen LogP contribution in [0.4, 0.5) is 23.0 Å². The number of aliphatic hydroxyl groups is 1. The van der Waals surface area contributed by atoms with Gasteiger partial charge in [0.15, 0.2) is 23.1 Å². The first-order valence-electron chi connectivity index (χ1n) is 25.9. The third-order valence-corrected chi connectivity index (χ3v) is 14.7. The maximum absolute atomic E-state index is 14.2. The number of aryl methyl sites for hydroxylation is 2. The molecular weight excluding hydrogens is 1010 g/mol. The molecule has 408 valence electrons. The summed E-state index contributed by atoms with van der Waals surface area (Å²) in [6.45, 7) is 10.4. The number of carbonyl (C=O) groups is 5. The lowest BCUT2D eigenvalue weighted by Crippen LogP contribution is -2.57. The number of anilines is 4. The third kappa shape index (κ3) is 13.6. The van der Waals surface area contributed by atoms with Crippen molar-refractivity contribution < 1.29 is 33.8 Å². The Labute approximate surface area is 457 Å². The predicted octanol–water partition coefficient (Wildman–Crippen LogP) is 6.08. The van der Waals surface area contributed by atoms with Crippen molar-refractivity contribution in [1.82, 2.24) is 60.7 Å². The Bertz CT molecular complexity index is 3190. The number of ether oxygens (including phenoxy) is 1. The van der Waals surface area contributed by atoms with Gasteiger partial charge in [-0.05, 0) is 73.9 Å². The van der Waals surface area contributed by atoms with Crippen molar-refractivity contribution in [2.75, 3.05) is 44.4 Å². The van der Waals surface area contributed by atoms with Crippen molar-refractivity contribution in [3.63, 3.8) is 0 Å². The van der Waals surface area contributed by atoms with E-state index in [0.717, 1.165) is 21.7 Å². The lowest BCUT2D eigenvalue weighted by Gasteiger charge is -2.35. The Morgan fingerprint density at radius 1 is 0.923 bits per heavy atom. The molecule has 2 saturated heterocycles. The van der Waals surface area contributed by atoms with E-state index in [1.165, 1.54) is 11.9 Å². The number of benzene rings is 2. The fraction of sp³-hybridized carbons (Fsp3) is 0.411. The number of thiazole rings is 1. The minimum Gasteiger partial charge on any atom is -0.494 e. The highest BCUT2D eigenvalue weighted by atomic mass is 32.1. The summed E-state index contributed by atoms with van der Waals surface area (Å²) in [4.78, 5) is 84.9. The van der Waals surface area contributed by atoms with E-state index in [1.807, 2.05) is 82.6 Å². The maximum Gasteiger partial charge on any atom is 0.273 e. The zero-order valence-electron chi connectivity index (χ0n) is 45.1. The number of hydrogen-bond donors (Lipinski definition) is 6. The number of amides is 5. The molecule has 2 aliphatic heterocycles. The van der Waals surface area contributed by atoms with E-state index < -0.39 is 35.4 Å². The SMILES string of the molecule is CNC(=O)c1nnc(Nc2ccc(C#CC3CCN(C(=O)CCCC(=O)NC(C(=O)N4C[C@H](O)C[C@H]4C(=O)NC(C)c4ccc(-c5scnc5C)cc4)C(C)(C)C)CC3)cn2)cc1Nc1cccc(-c2ncn(C)n2)c1OC. The largest absolute Gasteiger partial charge is 0.494 e. The van der Waals surface area contributed by atoms with Crippen LogP contribution in [0.1, 0.15) is 99.6 Å². The van der Waals surface area contributed by atoms with Crippen LogP contribution in [0.5, 0.6) is 5.75 Å². The number of aromatic nitrogens is 7. The first-order valence-corrected chi connectivity index (χ1v) is 26.8. The van der Waals surface area contributed by atoms with Crippen molar-refractivity contribution in [2.24, 2.45) is 18.4 Å². The number of methoxy groups -OCH3 is 1. The van der Waals surface area contributed by atoms with Crippen LogP contribution in [0.25, 0.3) is 21.8 Å². The van der Waals surface area contributed by atoms with Gasteiger partial charge in [0.25, 0.3) is 5.91 Å². The molecule has 0 saturated carbocycles. The Hall–Kier alpha value is -8.29. The second-order valence-corrected chi connectivity index (χ2v) is 21.4. The van der Waals surface area contributed by atoms with Crippen LogP contribution in [0.3, 0.4) is 0 Å². The van der Waals surface area contributed by atoms with Crippen molar-refractivity contribution in [1.29, 1.82) is 0 Å². The first kappa shape index (κ1) is 55.9. The zero-order valence-corrected chi connectivity index (χ0v) is 45.9.